The molecule has 0 saturated heterocycles. The molecule has 0 heterocycles. The van der Waals surface area contributed by atoms with E-state index >= 15 is 0 Å². The lowest BCUT2D eigenvalue weighted by Crippen LogP contribution is -2.59. The zero-order chi connectivity index (χ0) is 15.9. The van der Waals surface area contributed by atoms with E-state index in [0.29, 0.717) is 0 Å². The smallest absolute Gasteiger partial charge is 0.244 e. The van der Waals surface area contributed by atoms with Crippen molar-refractivity contribution in [1.29, 1.82) is 0 Å². The maximum absolute atomic E-state index is 12.4. The van der Waals surface area contributed by atoms with Crippen molar-refractivity contribution in [1.82, 2.24) is 5.32 Å². The summed E-state index contributed by atoms with van der Waals surface area (Å²) in [6.45, 7) is 0. The highest BCUT2D eigenvalue weighted by Gasteiger charge is 2.51. The van der Waals surface area contributed by atoms with Crippen molar-refractivity contribution in [2.24, 2.45) is 17.8 Å². The number of amides is 1. The van der Waals surface area contributed by atoms with Gasteiger partial charge in [0, 0.05) is 16.5 Å². The molecule has 0 unspecified atom stereocenters. The van der Waals surface area contributed by atoms with Crippen LogP contribution in [0.5, 0.6) is 0 Å². The third-order valence-corrected chi connectivity index (χ3v) is 6.71. The molecule has 1 aromatic carbocycles. The second kappa shape index (κ2) is 6.01. The first kappa shape index (κ1) is 15.3. The second-order valence-corrected chi connectivity index (χ2v) is 8.67. The summed E-state index contributed by atoms with van der Waals surface area (Å²) in [5, 5.41) is 3.39. The monoisotopic (exact) mass is 327 g/mol. The Morgan fingerprint density at radius 1 is 1.09 bits per heavy atom. The summed E-state index contributed by atoms with van der Waals surface area (Å²) < 4.78 is 0. The molecule has 1 aromatic rings. The first-order valence-corrected chi connectivity index (χ1v) is 10.0. The van der Waals surface area contributed by atoms with Crippen LogP contribution < -0.4 is 5.32 Å². The number of carbonyl (C=O) groups is 1. The Morgan fingerprint density at radius 2 is 1.65 bits per heavy atom. The second-order valence-electron chi connectivity index (χ2n) is 7.79. The Kier molecular flexibility index (Phi) is 4.00. The molecule has 1 amide bonds. The minimum atomic E-state index is 0.0842. The summed E-state index contributed by atoms with van der Waals surface area (Å²) in [5.41, 5.74) is 1.20. The van der Waals surface area contributed by atoms with Gasteiger partial charge >= 0.3 is 0 Å². The van der Waals surface area contributed by atoms with Gasteiger partial charge in [0.25, 0.3) is 0 Å². The van der Waals surface area contributed by atoms with Gasteiger partial charge in [0.15, 0.2) is 0 Å². The van der Waals surface area contributed by atoms with E-state index in [-0.39, 0.29) is 11.4 Å². The predicted octanol–water partition coefficient (Wildman–Crippen LogP) is 4.51. The lowest BCUT2D eigenvalue weighted by Gasteiger charge is -2.56. The summed E-state index contributed by atoms with van der Waals surface area (Å²) in [6.07, 6.45) is 13.6. The van der Waals surface area contributed by atoms with Crippen molar-refractivity contribution < 1.29 is 4.79 Å². The summed E-state index contributed by atoms with van der Waals surface area (Å²) >= 11 is 1.74. The van der Waals surface area contributed by atoms with Gasteiger partial charge < -0.3 is 5.32 Å². The topological polar surface area (TPSA) is 29.1 Å². The van der Waals surface area contributed by atoms with Gasteiger partial charge in [-0.2, -0.15) is 0 Å². The van der Waals surface area contributed by atoms with Gasteiger partial charge in [-0.3, -0.25) is 4.79 Å². The molecule has 23 heavy (non-hydrogen) atoms. The van der Waals surface area contributed by atoms with E-state index < -0.39 is 0 Å². The zero-order valence-electron chi connectivity index (χ0n) is 13.8. The molecular weight excluding hydrogens is 302 g/mol. The van der Waals surface area contributed by atoms with Gasteiger partial charge in [-0.15, -0.1) is 11.8 Å². The highest BCUT2D eigenvalue weighted by Crippen LogP contribution is 2.55. The van der Waals surface area contributed by atoms with E-state index in [0.717, 1.165) is 23.3 Å². The van der Waals surface area contributed by atoms with Crippen LogP contribution >= 0.6 is 11.8 Å². The van der Waals surface area contributed by atoms with E-state index in [2.05, 4.69) is 35.8 Å². The largest absolute Gasteiger partial charge is 0.347 e. The van der Waals surface area contributed by atoms with E-state index in [1.54, 1.807) is 17.8 Å². The summed E-state index contributed by atoms with van der Waals surface area (Å²) in [4.78, 5) is 13.7. The fourth-order valence-corrected chi connectivity index (χ4v) is 5.86. The SMILES string of the molecule is CSc1ccc(C=CC(=O)NC23CC4CC(CC(C4)C2)C3)cc1. The molecule has 122 valence electrons. The molecule has 0 spiro atoms. The summed E-state index contributed by atoms with van der Waals surface area (Å²) in [7, 11) is 0. The molecule has 4 bridgehead atoms. The van der Waals surface area contributed by atoms with Gasteiger partial charge in [0.2, 0.25) is 5.91 Å². The van der Waals surface area contributed by atoms with E-state index in [1.807, 2.05) is 6.08 Å². The van der Waals surface area contributed by atoms with Crippen molar-refractivity contribution in [3.63, 3.8) is 0 Å². The average molecular weight is 327 g/mol. The van der Waals surface area contributed by atoms with Gasteiger partial charge in [0.05, 0.1) is 0 Å². The zero-order valence-corrected chi connectivity index (χ0v) is 14.6. The number of hydrogen-bond acceptors (Lipinski definition) is 2. The van der Waals surface area contributed by atoms with Crippen LogP contribution in [0.3, 0.4) is 0 Å². The normalized spacial score (nSPS) is 34.9. The molecule has 0 radical (unpaired) electrons. The molecular formula is C20H25NOS. The number of carbonyl (C=O) groups excluding carboxylic acids is 1. The molecule has 2 nitrogen and oxygen atoms in total. The van der Waals surface area contributed by atoms with Crippen molar-refractivity contribution in [2.45, 2.75) is 49.0 Å². The first-order valence-electron chi connectivity index (χ1n) is 8.78. The number of thioether (sulfide) groups is 1. The highest BCUT2D eigenvalue weighted by atomic mass is 32.2. The summed E-state index contributed by atoms with van der Waals surface area (Å²) in [6, 6.07) is 8.34. The van der Waals surface area contributed by atoms with Gasteiger partial charge in [0.1, 0.15) is 0 Å². The van der Waals surface area contributed by atoms with Crippen LogP contribution in [-0.4, -0.2) is 17.7 Å². The van der Waals surface area contributed by atoms with Crippen LogP contribution in [0.1, 0.15) is 44.1 Å². The number of hydrogen-bond donors (Lipinski definition) is 1. The molecule has 1 N–H and O–H groups in total. The Morgan fingerprint density at radius 3 is 2.17 bits per heavy atom. The van der Waals surface area contributed by atoms with E-state index in [4.69, 9.17) is 0 Å². The van der Waals surface area contributed by atoms with Crippen LogP contribution in [0.2, 0.25) is 0 Å². The maximum atomic E-state index is 12.4. The lowest BCUT2D eigenvalue weighted by molar-refractivity contribution is -0.122. The van der Waals surface area contributed by atoms with Crippen molar-refractivity contribution in [3.8, 4) is 0 Å². The van der Waals surface area contributed by atoms with Gasteiger partial charge in [-0.1, -0.05) is 12.1 Å². The van der Waals surface area contributed by atoms with Crippen molar-refractivity contribution >= 4 is 23.7 Å². The quantitative estimate of drug-likeness (QED) is 0.651. The van der Waals surface area contributed by atoms with E-state index in [1.165, 1.54) is 43.4 Å². The Bertz CT molecular complexity index is 584. The number of rotatable bonds is 4. The minimum Gasteiger partial charge on any atom is -0.347 e. The Hall–Kier alpha value is -1.22. The molecule has 4 fully saturated rings. The van der Waals surface area contributed by atoms with Gasteiger partial charge in [-0.25, -0.2) is 0 Å². The fraction of sp³-hybridized carbons (Fsp3) is 0.550. The highest BCUT2D eigenvalue weighted by molar-refractivity contribution is 7.98. The molecule has 0 aliphatic heterocycles. The summed E-state index contributed by atoms with van der Waals surface area (Å²) in [5.74, 6) is 2.68. The van der Waals surface area contributed by atoms with E-state index in [9.17, 15) is 4.79 Å². The molecule has 0 atom stereocenters. The molecule has 4 aliphatic rings. The third kappa shape index (κ3) is 3.21. The van der Waals surface area contributed by atoms with Crippen LogP contribution in [0.15, 0.2) is 35.2 Å². The maximum Gasteiger partial charge on any atom is 0.244 e. The molecule has 4 aliphatic carbocycles. The predicted molar refractivity (Wildman–Crippen MR) is 96.3 cm³/mol. The number of nitrogens with one attached hydrogen (secondary N) is 1. The van der Waals surface area contributed by atoms with Crippen LogP contribution in [0.4, 0.5) is 0 Å². The first-order chi connectivity index (χ1) is 11.1. The van der Waals surface area contributed by atoms with Crippen molar-refractivity contribution in [3.05, 3.63) is 35.9 Å². The molecule has 5 rings (SSSR count). The Balaban J connectivity index is 1.40. The lowest BCUT2D eigenvalue weighted by atomic mass is 9.53. The fourth-order valence-electron chi connectivity index (χ4n) is 5.45. The molecule has 4 saturated carbocycles. The van der Waals surface area contributed by atoms with Gasteiger partial charge in [-0.05, 0) is 86.3 Å². The van der Waals surface area contributed by atoms with Crippen LogP contribution in [0.25, 0.3) is 6.08 Å². The average Bonchev–Trinajstić information content (AvgIpc) is 2.51. The van der Waals surface area contributed by atoms with Crippen molar-refractivity contribution in [2.75, 3.05) is 6.26 Å². The standard InChI is InChI=1S/C20H25NOS/c1-23-18-5-2-14(3-6-18)4-7-19(22)21-20-11-15-8-16(12-20)10-17(9-15)13-20/h2-7,15-17H,8-13H2,1H3,(H,21,22). The molecule has 3 heteroatoms. The Labute approximate surface area is 143 Å². The molecule has 0 aromatic heterocycles. The van der Waals surface area contributed by atoms with Crippen LogP contribution in [-0.2, 0) is 4.79 Å². The third-order valence-electron chi connectivity index (χ3n) is 5.97. The number of benzene rings is 1. The van der Waals surface area contributed by atoms with Crippen LogP contribution in [0, 0.1) is 17.8 Å². The minimum absolute atomic E-state index is 0.0842.